The molecule has 1 amide bonds. The van der Waals surface area contributed by atoms with Crippen molar-refractivity contribution in [3.63, 3.8) is 0 Å². The van der Waals surface area contributed by atoms with E-state index < -0.39 is 24.5 Å². The van der Waals surface area contributed by atoms with Gasteiger partial charge in [-0.3, -0.25) is 4.79 Å². The topological polar surface area (TPSA) is 121 Å². The highest BCUT2D eigenvalue weighted by Crippen LogP contribution is 2.21. The first-order chi connectivity index (χ1) is 12.9. The summed E-state index contributed by atoms with van der Waals surface area (Å²) in [6.07, 6.45) is 0.494. The highest BCUT2D eigenvalue weighted by atomic mass is 16.5. The van der Waals surface area contributed by atoms with Gasteiger partial charge in [0.2, 0.25) is 0 Å². The zero-order valence-corrected chi connectivity index (χ0v) is 15.2. The number of rotatable bonds is 6. The Morgan fingerprint density at radius 1 is 1.26 bits per heavy atom. The van der Waals surface area contributed by atoms with Gasteiger partial charge in [0, 0.05) is 11.4 Å². The Morgan fingerprint density at radius 3 is 2.63 bits per heavy atom. The van der Waals surface area contributed by atoms with Crippen molar-refractivity contribution in [2.24, 2.45) is 0 Å². The van der Waals surface area contributed by atoms with Crippen molar-refractivity contribution in [1.29, 1.82) is 5.26 Å². The number of nitrogens with zero attached hydrogens (tertiary/aromatic N) is 1. The number of anilines is 1. The second kappa shape index (κ2) is 8.67. The number of nitrogens with one attached hydrogen (secondary N) is 2. The van der Waals surface area contributed by atoms with Gasteiger partial charge in [-0.1, -0.05) is 13.0 Å². The number of H-pyrrole nitrogens is 1. The highest BCUT2D eigenvalue weighted by molar-refractivity contribution is 5.99. The third-order valence-electron chi connectivity index (χ3n) is 3.88. The Morgan fingerprint density at radius 2 is 2.00 bits per heavy atom. The fourth-order valence-corrected chi connectivity index (χ4v) is 2.57. The number of amides is 1. The number of carbonyl (C=O) groups excluding carboxylic acids is 3. The van der Waals surface area contributed by atoms with E-state index in [1.807, 2.05) is 13.0 Å². The van der Waals surface area contributed by atoms with Crippen LogP contribution in [0.4, 0.5) is 5.69 Å². The number of aromatic amines is 1. The third kappa shape index (κ3) is 4.52. The van der Waals surface area contributed by atoms with Crippen molar-refractivity contribution in [2.75, 3.05) is 19.0 Å². The summed E-state index contributed by atoms with van der Waals surface area (Å²) >= 11 is 0. The Labute approximate surface area is 156 Å². The molecule has 2 rings (SSSR count). The van der Waals surface area contributed by atoms with Gasteiger partial charge in [-0.2, -0.15) is 5.26 Å². The summed E-state index contributed by atoms with van der Waals surface area (Å²) in [5.41, 5.74) is 2.19. The molecule has 27 heavy (non-hydrogen) atoms. The van der Waals surface area contributed by atoms with Gasteiger partial charge in [0.05, 0.1) is 24.3 Å². The predicted molar refractivity (Wildman–Crippen MR) is 96.3 cm³/mol. The molecule has 0 radical (unpaired) electrons. The van der Waals surface area contributed by atoms with E-state index in [4.69, 9.17) is 14.7 Å². The zero-order valence-electron chi connectivity index (χ0n) is 15.2. The van der Waals surface area contributed by atoms with Crippen LogP contribution in [0, 0.1) is 18.3 Å². The van der Waals surface area contributed by atoms with Crippen molar-refractivity contribution in [3.8, 4) is 6.07 Å². The van der Waals surface area contributed by atoms with Crippen LogP contribution in [0.5, 0.6) is 0 Å². The van der Waals surface area contributed by atoms with Crippen LogP contribution in [0.25, 0.3) is 0 Å². The highest BCUT2D eigenvalue weighted by Gasteiger charge is 2.24. The van der Waals surface area contributed by atoms with Crippen LogP contribution in [0.1, 0.15) is 44.6 Å². The summed E-state index contributed by atoms with van der Waals surface area (Å²) in [6, 6.07) is 8.32. The predicted octanol–water partition coefficient (Wildman–Crippen LogP) is 2.34. The van der Waals surface area contributed by atoms with Gasteiger partial charge in [0.25, 0.3) is 5.91 Å². The first-order valence-corrected chi connectivity index (χ1v) is 8.18. The van der Waals surface area contributed by atoms with Gasteiger partial charge in [0.15, 0.2) is 6.61 Å². The molecule has 0 saturated heterocycles. The van der Waals surface area contributed by atoms with Crippen molar-refractivity contribution >= 4 is 23.5 Å². The van der Waals surface area contributed by atoms with E-state index in [9.17, 15) is 14.4 Å². The number of carbonyl (C=O) groups is 3. The lowest BCUT2D eigenvalue weighted by molar-refractivity contribution is -0.119. The van der Waals surface area contributed by atoms with Gasteiger partial charge < -0.3 is 19.8 Å². The van der Waals surface area contributed by atoms with Crippen molar-refractivity contribution in [3.05, 3.63) is 52.3 Å². The van der Waals surface area contributed by atoms with Crippen LogP contribution < -0.4 is 5.32 Å². The molecule has 140 valence electrons. The zero-order chi connectivity index (χ0) is 20.0. The van der Waals surface area contributed by atoms with E-state index in [0.29, 0.717) is 34.5 Å². The second-order valence-electron chi connectivity index (χ2n) is 5.64. The number of benzene rings is 1. The first-order valence-electron chi connectivity index (χ1n) is 8.18. The number of ether oxygens (including phenoxy) is 2. The summed E-state index contributed by atoms with van der Waals surface area (Å²) < 4.78 is 9.76. The molecule has 0 aliphatic rings. The fraction of sp³-hybridized carbons (Fsp3) is 0.263. The molecule has 1 heterocycles. The Bertz CT molecular complexity index is 924. The van der Waals surface area contributed by atoms with Crippen molar-refractivity contribution in [1.82, 2.24) is 4.98 Å². The smallest absolute Gasteiger partial charge is 0.355 e. The summed E-state index contributed by atoms with van der Waals surface area (Å²) in [7, 11) is 1.26. The number of hydrogen-bond donors (Lipinski definition) is 2. The Hall–Kier alpha value is -3.60. The molecule has 0 bridgehead atoms. The maximum absolute atomic E-state index is 12.3. The standard InChI is InChI=1S/C19H19N3O5/c1-4-14-16(18(24)26-3)11(2)17(22-14)19(25)27-10-15(23)21-13-7-5-6-12(8-13)9-20/h5-8,22H,4,10H2,1-3H3,(H,21,23). The SMILES string of the molecule is CCc1[nH]c(C(=O)OCC(=O)Nc2cccc(C#N)c2)c(C)c1C(=O)OC. The van der Waals surface area contributed by atoms with Crippen molar-refractivity contribution in [2.45, 2.75) is 20.3 Å². The molecule has 0 fully saturated rings. The van der Waals surface area contributed by atoms with E-state index in [0.717, 1.165) is 0 Å². The molecule has 1 aromatic heterocycles. The molecule has 0 spiro atoms. The van der Waals surface area contributed by atoms with Crippen LogP contribution in [0.3, 0.4) is 0 Å². The van der Waals surface area contributed by atoms with Crippen LogP contribution in [-0.2, 0) is 20.7 Å². The Balaban J connectivity index is 2.05. The van der Waals surface area contributed by atoms with Gasteiger partial charge in [-0.15, -0.1) is 0 Å². The summed E-state index contributed by atoms with van der Waals surface area (Å²) in [6.45, 7) is 2.92. The molecule has 2 aromatic rings. The van der Waals surface area contributed by atoms with Gasteiger partial charge in [0.1, 0.15) is 5.69 Å². The van der Waals surface area contributed by atoms with E-state index >= 15 is 0 Å². The molecule has 2 N–H and O–H groups in total. The quantitative estimate of drug-likeness (QED) is 0.754. The minimum atomic E-state index is -0.752. The number of nitriles is 1. The lowest BCUT2D eigenvalue weighted by Crippen LogP contribution is -2.21. The average molecular weight is 369 g/mol. The van der Waals surface area contributed by atoms with E-state index in [-0.39, 0.29) is 5.69 Å². The third-order valence-corrected chi connectivity index (χ3v) is 3.88. The van der Waals surface area contributed by atoms with E-state index in [1.54, 1.807) is 25.1 Å². The normalized spacial score (nSPS) is 10.0. The number of esters is 2. The fourth-order valence-electron chi connectivity index (χ4n) is 2.57. The molecule has 0 aliphatic heterocycles. The number of aromatic nitrogens is 1. The van der Waals surface area contributed by atoms with E-state index in [2.05, 4.69) is 10.3 Å². The van der Waals surface area contributed by atoms with Gasteiger partial charge in [-0.05, 0) is 37.1 Å². The molecule has 0 saturated carbocycles. The number of methoxy groups -OCH3 is 1. The van der Waals surface area contributed by atoms with Gasteiger partial charge >= 0.3 is 11.9 Å². The summed E-state index contributed by atoms with van der Waals surface area (Å²) in [5, 5.41) is 11.4. The molecule has 0 aliphatic carbocycles. The number of aryl methyl sites for hydroxylation is 1. The average Bonchev–Trinajstić information content (AvgIpc) is 3.02. The first kappa shape index (κ1) is 19.7. The van der Waals surface area contributed by atoms with E-state index in [1.165, 1.54) is 13.2 Å². The molecule has 1 aromatic carbocycles. The minimum Gasteiger partial charge on any atom is -0.465 e. The Kier molecular flexibility index (Phi) is 6.33. The van der Waals surface area contributed by atoms with Crippen LogP contribution >= 0.6 is 0 Å². The van der Waals surface area contributed by atoms with Crippen LogP contribution in [0.15, 0.2) is 24.3 Å². The minimum absolute atomic E-state index is 0.103. The summed E-state index contributed by atoms with van der Waals surface area (Å²) in [5.74, 6) is -1.85. The maximum atomic E-state index is 12.3. The lowest BCUT2D eigenvalue weighted by atomic mass is 10.1. The molecule has 0 unspecified atom stereocenters. The van der Waals surface area contributed by atoms with Crippen LogP contribution in [0.2, 0.25) is 0 Å². The molecule has 8 nitrogen and oxygen atoms in total. The second-order valence-corrected chi connectivity index (χ2v) is 5.64. The molecular weight excluding hydrogens is 350 g/mol. The van der Waals surface area contributed by atoms with Crippen molar-refractivity contribution < 1.29 is 23.9 Å². The molecule has 8 heteroatoms. The maximum Gasteiger partial charge on any atom is 0.355 e. The molecular formula is C19H19N3O5. The monoisotopic (exact) mass is 369 g/mol. The lowest BCUT2D eigenvalue weighted by Gasteiger charge is -2.07. The summed E-state index contributed by atoms with van der Waals surface area (Å²) in [4.78, 5) is 39.0. The largest absolute Gasteiger partial charge is 0.465 e. The van der Waals surface area contributed by atoms with Crippen LogP contribution in [-0.4, -0.2) is 36.5 Å². The van der Waals surface area contributed by atoms with Gasteiger partial charge in [-0.25, -0.2) is 9.59 Å². The molecule has 0 atom stereocenters. The number of hydrogen-bond acceptors (Lipinski definition) is 6.